The molecule has 0 radical (unpaired) electrons. The van der Waals surface area contributed by atoms with Crippen molar-refractivity contribution in [1.29, 1.82) is 0 Å². The molecule has 0 saturated carbocycles. The summed E-state index contributed by atoms with van der Waals surface area (Å²) in [4.78, 5) is 12.3. The summed E-state index contributed by atoms with van der Waals surface area (Å²) in [7, 11) is 0. The quantitative estimate of drug-likeness (QED) is 0.686. The molecule has 0 fully saturated rings. The second-order valence-corrected chi connectivity index (χ2v) is 6.08. The van der Waals surface area contributed by atoms with Crippen LogP contribution in [0.25, 0.3) is 0 Å². The third-order valence-corrected chi connectivity index (χ3v) is 3.98. The zero-order valence-electron chi connectivity index (χ0n) is 12.8. The normalized spacial score (nSPS) is 11.7. The number of hydrogen-bond acceptors (Lipinski definition) is 3. The Morgan fingerprint density at radius 2 is 1.79 bits per heavy atom. The van der Waals surface area contributed by atoms with Crippen LogP contribution in [0.1, 0.15) is 17.4 Å². The minimum Gasteiger partial charge on any atom is -0.484 e. The third-order valence-electron chi connectivity index (χ3n) is 3.45. The molecule has 1 atom stereocenters. The van der Waals surface area contributed by atoms with Gasteiger partial charge in [0.2, 0.25) is 0 Å². The summed E-state index contributed by atoms with van der Waals surface area (Å²) in [6.07, 6.45) is 1.59. The van der Waals surface area contributed by atoms with Crippen LogP contribution < -0.4 is 10.1 Å². The summed E-state index contributed by atoms with van der Waals surface area (Å²) in [5, 5.41) is 2.95. The average Bonchev–Trinajstić information content (AvgIpc) is 3.14. The molecule has 0 spiro atoms. The molecule has 2 aromatic carbocycles. The maximum Gasteiger partial charge on any atom is 0.258 e. The van der Waals surface area contributed by atoms with Gasteiger partial charge >= 0.3 is 0 Å². The molecule has 0 bridgehead atoms. The second kappa shape index (κ2) is 7.84. The Bertz CT molecular complexity index is 770. The zero-order chi connectivity index (χ0) is 16.8. The van der Waals surface area contributed by atoms with Crippen LogP contribution in [0.3, 0.4) is 0 Å². The van der Waals surface area contributed by atoms with Crippen LogP contribution in [-0.4, -0.2) is 12.5 Å². The van der Waals surface area contributed by atoms with E-state index in [1.807, 2.05) is 48.5 Å². The lowest BCUT2D eigenvalue weighted by Crippen LogP contribution is -2.33. The molecule has 3 rings (SSSR count). The summed E-state index contributed by atoms with van der Waals surface area (Å²) >= 11 is 3.36. The number of halogens is 1. The van der Waals surface area contributed by atoms with Crippen molar-refractivity contribution in [3.63, 3.8) is 0 Å². The van der Waals surface area contributed by atoms with Gasteiger partial charge in [0.15, 0.2) is 6.61 Å². The van der Waals surface area contributed by atoms with E-state index in [1.165, 1.54) is 0 Å². The number of furan rings is 1. The Labute approximate surface area is 148 Å². The lowest BCUT2D eigenvalue weighted by molar-refractivity contribution is -0.123. The summed E-state index contributed by atoms with van der Waals surface area (Å²) < 4.78 is 11.9. The van der Waals surface area contributed by atoms with Gasteiger partial charge in [0.05, 0.1) is 6.26 Å². The first-order valence-electron chi connectivity index (χ1n) is 7.48. The minimum absolute atomic E-state index is 0.0638. The van der Waals surface area contributed by atoms with E-state index in [0.29, 0.717) is 11.5 Å². The van der Waals surface area contributed by atoms with Crippen molar-refractivity contribution in [2.75, 3.05) is 6.61 Å². The summed E-state index contributed by atoms with van der Waals surface area (Å²) in [5.41, 5.74) is 0.949. The molecule has 24 heavy (non-hydrogen) atoms. The van der Waals surface area contributed by atoms with Crippen LogP contribution in [0, 0.1) is 0 Å². The summed E-state index contributed by atoms with van der Waals surface area (Å²) in [6.45, 7) is -0.0638. The van der Waals surface area contributed by atoms with E-state index < -0.39 is 0 Å². The smallest absolute Gasteiger partial charge is 0.258 e. The van der Waals surface area contributed by atoms with Crippen molar-refractivity contribution in [1.82, 2.24) is 5.32 Å². The van der Waals surface area contributed by atoms with Gasteiger partial charge in [-0.2, -0.15) is 0 Å². The molecule has 0 saturated heterocycles. The number of rotatable bonds is 6. The maximum atomic E-state index is 12.3. The number of carbonyl (C=O) groups is 1. The molecule has 1 N–H and O–H groups in total. The lowest BCUT2D eigenvalue weighted by atomic mass is 10.0. The highest BCUT2D eigenvalue weighted by Crippen LogP contribution is 2.22. The number of ether oxygens (including phenoxy) is 1. The number of carbonyl (C=O) groups excluding carboxylic acids is 1. The fraction of sp³-hybridized carbons (Fsp3) is 0.105. The fourth-order valence-corrected chi connectivity index (χ4v) is 2.57. The van der Waals surface area contributed by atoms with Crippen LogP contribution in [0.4, 0.5) is 0 Å². The van der Waals surface area contributed by atoms with Crippen molar-refractivity contribution in [3.8, 4) is 5.75 Å². The van der Waals surface area contributed by atoms with Gasteiger partial charge in [-0.05, 0) is 42.0 Å². The molecule has 0 aliphatic heterocycles. The van der Waals surface area contributed by atoms with Crippen LogP contribution in [0.5, 0.6) is 5.75 Å². The van der Waals surface area contributed by atoms with Crippen molar-refractivity contribution >= 4 is 21.8 Å². The van der Waals surface area contributed by atoms with Gasteiger partial charge in [0.25, 0.3) is 5.91 Å². The van der Waals surface area contributed by atoms with Gasteiger partial charge < -0.3 is 14.5 Å². The first-order valence-corrected chi connectivity index (χ1v) is 8.28. The van der Waals surface area contributed by atoms with Gasteiger partial charge in [-0.3, -0.25) is 4.79 Å². The van der Waals surface area contributed by atoms with E-state index in [2.05, 4.69) is 21.2 Å². The van der Waals surface area contributed by atoms with Gasteiger partial charge in [-0.1, -0.05) is 46.3 Å². The number of nitrogens with one attached hydrogen (secondary N) is 1. The van der Waals surface area contributed by atoms with Crippen molar-refractivity contribution in [2.24, 2.45) is 0 Å². The van der Waals surface area contributed by atoms with Gasteiger partial charge in [-0.15, -0.1) is 0 Å². The van der Waals surface area contributed by atoms with E-state index >= 15 is 0 Å². The van der Waals surface area contributed by atoms with Crippen LogP contribution in [-0.2, 0) is 4.79 Å². The Morgan fingerprint density at radius 3 is 2.46 bits per heavy atom. The Morgan fingerprint density at radius 1 is 1.04 bits per heavy atom. The molecular weight excluding hydrogens is 370 g/mol. The molecule has 5 heteroatoms. The van der Waals surface area contributed by atoms with Crippen LogP contribution in [0.2, 0.25) is 0 Å². The average molecular weight is 386 g/mol. The number of amides is 1. The number of benzene rings is 2. The Balaban J connectivity index is 1.66. The lowest BCUT2D eigenvalue weighted by Gasteiger charge is -2.17. The predicted octanol–water partition coefficient (Wildman–Crippen LogP) is 4.33. The van der Waals surface area contributed by atoms with Gasteiger partial charge in [0.1, 0.15) is 17.6 Å². The Hall–Kier alpha value is -2.53. The largest absolute Gasteiger partial charge is 0.484 e. The standard InChI is InChI=1S/C19H16BrNO3/c20-15-8-10-16(11-9-15)24-13-18(22)21-19(17-7-4-12-23-17)14-5-2-1-3-6-14/h1-12,19H,13H2,(H,21,22)/t19-/m1/s1. The van der Waals surface area contributed by atoms with E-state index in [-0.39, 0.29) is 18.6 Å². The van der Waals surface area contributed by atoms with Crippen LogP contribution >= 0.6 is 15.9 Å². The zero-order valence-corrected chi connectivity index (χ0v) is 14.4. The predicted molar refractivity (Wildman–Crippen MR) is 94.8 cm³/mol. The molecule has 0 aliphatic carbocycles. The first-order chi connectivity index (χ1) is 11.7. The molecule has 1 heterocycles. The van der Waals surface area contributed by atoms with Gasteiger partial charge in [0, 0.05) is 4.47 Å². The van der Waals surface area contributed by atoms with Crippen molar-refractivity contribution in [3.05, 3.63) is 88.8 Å². The molecule has 0 unspecified atom stereocenters. The van der Waals surface area contributed by atoms with Gasteiger partial charge in [-0.25, -0.2) is 0 Å². The van der Waals surface area contributed by atoms with E-state index in [4.69, 9.17) is 9.15 Å². The summed E-state index contributed by atoms with van der Waals surface area (Å²) in [5.74, 6) is 1.10. The third kappa shape index (κ3) is 4.26. The molecule has 3 aromatic rings. The SMILES string of the molecule is O=C(COc1ccc(Br)cc1)N[C@H](c1ccccc1)c1ccco1. The first kappa shape index (κ1) is 16.3. The van der Waals surface area contributed by atoms with Crippen molar-refractivity contribution in [2.45, 2.75) is 6.04 Å². The topological polar surface area (TPSA) is 51.5 Å². The second-order valence-electron chi connectivity index (χ2n) is 5.17. The van der Waals surface area contributed by atoms with Crippen LogP contribution in [0.15, 0.2) is 81.9 Å². The van der Waals surface area contributed by atoms with E-state index in [9.17, 15) is 4.79 Å². The molecular formula is C19H16BrNO3. The van der Waals surface area contributed by atoms with E-state index in [0.717, 1.165) is 10.0 Å². The molecule has 1 amide bonds. The summed E-state index contributed by atoms with van der Waals surface area (Å²) in [6, 6.07) is 20.3. The fourth-order valence-electron chi connectivity index (χ4n) is 2.30. The van der Waals surface area contributed by atoms with Crippen molar-refractivity contribution < 1.29 is 13.9 Å². The highest BCUT2D eigenvalue weighted by molar-refractivity contribution is 9.10. The highest BCUT2D eigenvalue weighted by Gasteiger charge is 2.19. The van der Waals surface area contributed by atoms with E-state index in [1.54, 1.807) is 24.5 Å². The molecule has 4 nitrogen and oxygen atoms in total. The Kier molecular flexibility index (Phi) is 5.33. The molecule has 1 aromatic heterocycles. The number of hydrogen-bond donors (Lipinski definition) is 1. The minimum atomic E-state index is -0.345. The molecule has 0 aliphatic rings. The maximum absolute atomic E-state index is 12.3. The highest BCUT2D eigenvalue weighted by atomic mass is 79.9. The monoisotopic (exact) mass is 385 g/mol. The molecule has 122 valence electrons.